The van der Waals surface area contributed by atoms with E-state index in [1.807, 2.05) is 38.1 Å². The fourth-order valence-electron chi connectivity index (χ4n) is 3.89. The Kier molecular flexibility index (Phi) is 3.88. The molecule has 4 rings (SSSR count). The van der Waals surface area contributed by atoms with Gasteiger partial charge >= 0.3 is 0 Å². The molecule has 25 heavy (non-hydrogen) atoms. The van der Waals surface area contributed by atoms with Gasteiger partial charge in [-0.25, -0.2) is 8.42 Å². The summed E-state index contributed by atoms with van der Waals surface area (Å²) in [6.45, 7) is 5.32. The largest absolute Gasteiger partial charge is 0.381 e. The smallest absolute Gasteiger partial charge is 0.267 e. The Balaban J connectivity index is 1.71. The molecule has 2 aromatic rings. The zero-order chi connectivity index (χ0) is 17.7. The fraction of sp³-hybridized carbons (Fsp3) is 0.500. The van der Waals surface area contributed by atoms with E-state index in [4.69, 9.17) is 4.74 Å². The lowest BCUT2D eigenvalue weighted by atomic mass is 10.0. The Morgan fingerprint density at radius 1 is 1.20 bits per heavy atom. The molecule has 0 bridgehead atoms. The molecule has 0 unspecified atom stereocenters. The van der Waals surface area contributed by atoms with Crippen molar-refractivity contribution in [2.75, 3.05) is 17.5 Å². The summed E-state index contributed by atoms with van der Waals surface area (Å²) in [7, 11) is -3.66. The quantitative estimate of drug-likeness (QED) is 0.843. The van der Waals surface area contributed by atoms with Gasteiger partial charge in [-0.15, -0.1) is 0 Å². The van der Waals surface area contributed by atoms with Gasteiger partial charge in [0.1, 0.15) is 4.90 Å². The van der Waals surface area contributed by atoms with Crippen LogP contribution in [0.25, 0.3) is 0 Å². The lowest BCUT2D eigenvalue weighted by Gasteiger charge is -2.32. The molecule has 0 spiro atoms. The predicted molar refractivity (Wildman–Crippen MR) is 95.2 cm³/mol. The van der Waals surface area contributed by atoms with Crippen molar-refractivity contribution in [3.8, 4) is 0 Å². The number of para-hydroxylation sites is 1. The lowest BCUT2D eigenvalue weighted by molar-refractivity contribution is 0.0662. The van der Waals surface area contributed by atoms with Gasteiger partial charge in [-0.2, -0.15) is 5.10 Å². The Labute approximate surface area is 148 Å². The first-order valence-corrected chi connectivity index (χ1v) is 10.1. The van der Waals surface area contributed by atoms with E-state index < -0.39 is 15.6 Å². The third-order valence-electron chi connectivity index (χ3n) is 5.06. The zero-order valence-corrected chi connectivity index (χ0v) is 15.4. The predicted octanol–water partition coefficient (Wildman–Crippen LogP) is 2.76. The minimum Gasteiger partial charge on any atom is -0.381 e. The summed E-state index contributed by atoms with van der Waals surface area (Å²) >= 11 is 0. The second kappa shape index (κ2) is 5.85. The number of hydrogen-bond acceptors (Lipinski definition) is 4. The van der Waals surface area contributed by atoms with Crippen molar-refractivity contribution in [3.05, 3.63) is 42.2 Å². The van der Waals surface area contributed by atoms with Crippen LogP contribution >= 0.6 is 0 Å². The summed E-state index contributed by atoms with van der Waals surface area (Å²) in [6, 6.07) is 7.92. The van der Waals surface area contributed by atoms with Crippen molar-refractivity contribution in [1.82, 2.24) is 9.78 Å². The second-order valence-electron chi connectivity index (χ2n) is 7.39. The van der Waals surface area contributed by atoms with Crippen LogP contribution in [-0.2, 0) is 21.2 Å². The molecule has 0 amide bonds. The number of rotatable bonds is 3. The molecule has 134 valence electrons. The number of anilines is 1. The second-order valence-corrected chi connectivity index (χ2v) is 9.17. The molecule has 3 heterocycles. The first kappa shape index (κ1) is 16.6. The molecule has 2 aliphatic heterocycles. The van der Waals surface area contributed by atoms with Crippen LogP contribution < -0.4 is 4.31 Å². The number of aromatic nitrogens is 2. The average molecular weight is 361 g/mol. The molecular weight excluding hydrogens is 338 g/mol. The van der Waals surface area contributed by atoms with Gasteiger partial charge in [0.15, 0.2) is 0 Å². The molecule has 0 saturated carbocycles. The highest BCUT2D eigenvalue weighted by molar-refractivity contribution is 7.93. The Morgan fingerprint density at radius 2 is 1.92 bits per heavy atom. The maximum Gasteiger partial charge on any atom is 0.267 e. The Hall–Kier alpha value is -1.86. The van der Waals surface area contributed by atoms with E-state index in [-0.39, 0.29) is 10.9 Å². The first-order valence-electron chi connectivity index (χ1n) is 8.65. The molecule has 1 aromatic carbocycles. The van der Waals surface area contributed by atoms with Crippen molar-refractivity contribution in [2.24, 2.45) is 0 Å². The van der Waals surface area contributed by atoms with Crippen molar-refractivity contribution < 1.29 is 13.2 Å². The van der Waals surface area contributed by atoms with Crippen LogP contribution in [0.3, 0.4) is 0 Å². The maximum atomic E-state index is 13.4. The highest BCUT2D eigenvalue weighted by Gasteiger charge is 2.44. The summed E-state index contributed by atoms with van der Waals surface area (Å²) in [5.74, 6) is 0. The van der Waals surface area contributed by atoms with Crippen molar-refractivity contribution in [1.29, 1.82) is 0 Å². The normalized spacial score (nSPS) is 20.6. The van der Waals surface area contributed by atoms with E-state index in [1.165, 1.54) is 6.20 Å². The molecule has 1 fully saturated rings. The summed E-state index contributed by atoms with van der Waals surface area (Å²) in [4.78, 5) is 0.253. The maximum absolute atomic E-state index is 13.4. The van der Waals surface area contributed by atoms with Crippen molar-refractivity contribution in [3.63, 3.8) is 0 Å². The van der Waals surface area contributed by atoms with Crippen LogP contribution in [0.1, 0.15) is 38.3 Å². The van der Waals surface area contributed by atoms with E-state index in [2.05, 4.69) is 5.10 Å². The van der Waals surface area contributed by atoms with E-state index >= 15 is 0 Å². The number of sulfonamides is 1. The molecule has 0 radical (unpaired) electrons. The molecular formula is C18H23N3O3S. The van der Waals surface area contributed by atoms with Crippen molar-refractivity contribution in [2.45, 2.75) is 49.6 Å². The molecule has 0 N–H and O–H groups in total. The van der Waals surface area contributed by atoms with E-state index in [9.17, 15) is 8.42 Å². The fourth-order valence-corrected chi connectivity index (χ4v) is 5.67. The summed E-state index contributed by atoms with van der Waals surface area (Å²) in [6.07, 6.45) is 5.57. The van der Waals surface area contributed by atoms with Crippen molar-refractivity contribution >= 4 is 15.7 Å². The van der Waals surface area contributed by atoms with Gasteiger partial charge in [0, 0.05) is 19.4 Å². The van der Waals surface area contributed by atoms with Crippen LogP contribution in [0.4, 0.5) is 5.69 Å². The number of ether oxygens (including phenoxy) is 1. The first-order chi connectivity index (χ1) is 11.9. The van der Waals surface area contributed by atoms with Gasteiger partial charge in [0.2, 0.25) is 0 Å². The highest BCUT2D eigenvalue weighted by Crippen LogP contribution is 2.42. The van der Waals surface area contributed by atoms with E-state index in [0.717, 1.165) is 24.1 Å². The zero-order valence-electron chi connectivity index (χ0n) is 14.6. The van der Waals surface area contributed by atoms with Gasteiger partial charge in [-0.05, 0) is 44.7 Å². The number of fused-ring (bicyclic) bond motifs is 1. The molecule has 2 aliphatic rings. The lowest BCUT2D eigenvalue weighted by Crippen LogP contribution is -2.45. The third kappa shape index (κ3) is 2.75. The Bertz CT molecular complexity index is 882. The minimum absolute atomic E-state index is 0.205. The SMILES string of the molecule is CC1(C)Cc2ccccc2N1S(=O)(=O)c1cnn(C2CCOCC2)c1. The molecule has 6 nitrogen and oxygen atoms in total. The van der Waals surface area contributed by atoms with Gasteiger partial charge in [-0.3, -0.25) is 8.99 Å². The summed E-state index contributed by atoms with van der Waals surface area (Å²) < 4.78 is 35.4. The summed E-state index contributed by atoms with van der Waals surface area (Å²) in [5, 5.41) is 4.34. The average Bonchev–Trinajstić information content (AvgIpc) is 3.17. The number of benzene rings is 1. The monoisotopic (exact) mass is 361 g/mol. The van der Waals surface area contributed by atoms with Crippen LogP contribution in [0.2, 0.25) is 0 Å². The standard InChI is InChI=1S/C18H23N3O3S/c1-18(2)11-14-5-3-4-6-17(14)21(18)25(22,23)16-12-19-20(13-16)15-7-9-24-10-8-15/h3-6,12-13,15H,7-11H2,1-2H3. The van der Waals surface area contributed by atoms with Crippen LogP contribution in [0.5, 0.6) is 0 Å². The molecule has 0 atom stereocenters. The Morgan fingerprint density at radius 3 is 2.68 bits per heavy atom. The van der Waals surface area contributed by atoms with Gasteiger partial charge in [0.25, 0.3) is 10.0 Å². The van der Waals surface area contributed by atoms with Gasteiger partial charge in [-0.1, -0.05) is 18.2 Å². The van der Waals surface area contributed by atoms with Gasteiger partial charge in [0.05, 0.1) is 23.5 Å². The topological polar surface area (TPSA) is 64.4 Å². The number of hydrogen-bond donors (Lipinski definition) is 0. The third-order valence-corrected chi connectivity index (χ3v) is 7.04. The van der Waals surface area contributed by atoms with Crippen LogP contribution in [0.15, 0.2) is 41.6 Å². The summed E-state index contributed by atoms with van der Waals surface area (Å²) in [5.41, 5.74) is 1.34. The van der Waals surface area contributed by atoms with Crippen LogP contribution in [0, 0.1) is 0 Å². The number of nitrogens with zero attached hydrogens (tertiary/aromatic N) is 3. The van der Waals surface area contributed by atoms with Crippen LogP contribution in [-0.4, -0.2) is 37.0 Å². The molecule has 1 aromatic heterocycles. The minimum atomic E-state index is -3.66. The molecule has 0 aliphatic carbocycles. The molecule has 7 heteroatoms. The van der Waals surface area contributed by atoms with E-state index in [0.29, 0.717) is 19.6 Å². The highest BCUT2D eigenvalue weighted by atomic mass is 32.2. The van der Waals surface area contributed by atoms with E-state index in [1.54, 1.807) is 15.2 Å². The molecule has 1 saturated heterocycles. The van der Waals surface area contributed by atoms with Gasteiger partial charge < -0.3 is 4.74 Å².